The van der Waals surface area contributed by atoms with Gasteiger partial charge in [0.25, 0.3) is 0 Å². The van der Waals surface area contributed by atoms with Crippen LogP contribution in [0.3, 0.4) is 0 Å². The van der Waals surface area contributed by atoms with Crippen LogP contribution in [0.15, 0.2) is 72.8 Å². The first-order chi connectivity index (χ1) is 16.4. The third-order valence-electron chi connectivity index (χ3n) is 5.94. The van der Waals surface area contributed by atoms with Crippen LogP contribution in [0.5, 0.6) is 5.75 Å². The Morgan fingerprint density at radius 1 is 0.971 bits per heavy atom. The van der Waals surface area contributed by atoms with E-state index in [1.165, 1.54) is 5.56 Å². The van der Waals surface area contributed by atoms with Gasteiger partial charge < -0.3 is 9.30 Å². The first-order valence-electron chi connectivity index (χ1n) is 11.0. The van der Waals surface area contributed by atoms with Crippen LogP contribution in [0.4, 0.5) is 0 Å². The lowest BCUT2D eigenvalue weighted by Gasteiger charge is -2.10. The molecule has 0 bridgehead atoms. The number of rotatable bonds is 6. The summed E-state index contributed by atoms with van der Waals surface area (Å²) in [5.74, 6) is 1.34. The van der Waals surface area contributed by atoms with Crippen molar-refractivity contribution in [2.75, 3.05) is 0 Å². The number of ether oxygens (including phenoxy) is 1. The van der Waals surface area contributed by atoms with E-state index in [0.29, 0.717) is 21.9 Å². The fraction of sp³-hybridized carbons (Fsp3) is 0.148. The third kappa shape index (κ3) is 3.84. The summed E-state index contributed by atoms with van der Waals surface area (Å²) in [6, 6.07) is 23.9. The first-order valence-corrected chi connectivity index (χ1v) is 11.4. The lowest BCUT2D eigenvalue weighted by molar-refractivity contribution is 0.101. The highest BCUT2D eigenvalue weighted by atomic mass is 32.1. The highest BCUT2D eigenvalue weighted by Gasteiger charge is 2.19. The number of hydrogen-bond acceptors (Lipinski definition) is 4. The van der Waals surface area contributed by atoms with Crippen LogP contribution in [0.2, 0.25) is 0 Å². The largest absolute Gasteiger partial charge is 0.486 e. The van der Waals surface area contributed by atoms with Crippen molar-refractivity contribution in [1.82, 2.24) is 19.3 Å². The zero-order valence-corrected chi connectivity index (χ0v) is 20.0. The molecule has 5 rings (SSSR count). The van der Waals surface area contributed by atoms with Gasteiger partial charge in [-0.25, -0.2) is 0 Å². The van der Waals surface area contributed by atoms with Crippen LogP contribution in [0.1, 0.15) is 34.4 Å². The Labute approximate surface area is 202 Å². The quantitative estimate of drug-likeness (QED) is 0.236. The van der Waals surface area contributed by atoms with E-state index in [2.05, 4.69) is 46.0 Å². The molecule has 0 atom stereocenters. The van der Waals surface area contributed by atoms with E-state index in [-0.39, 0.29) is 12.4 Å². The average molecular weight is 469 g/mol. The van der Waals surface area contributed by atoms with Crippen molar-refractivity contribution in [3.05, 3.63) is 100 Å². The summed E-state index contributed by atoms with van der Waals surface area (Å²) in [5, 5.41) is 8.05. The molecule has 7 heteroatoms. The molecule has 170 valence electrons. The predicted molar refractivity (Wildman–Crippen MR) is 136 cm³/mol. The number of Topliss-reactive ketones (excluding diaryl/α,β-unsaturated/α-hetero) is 1. The number of H-pyrrole nitrogens is 1. The number of aromatic amines is 1. The Bertz CT molecular complexity index is 1560. The van der Waals surface area contributed by atoms with Crippen molar-refractivity contribution < 1.29 is 9.53 Å². The number of carbonyl (C=O) groups is 1. The van der Waals surface area contributed by atoms with Crippen LogP contribution in [-0.4, -0.2) is 25.1 Å². The molecule has 0 spiro atoms. The van der Waals surface area contributed by atoms with Crippen LogP contribution in [-0.2, 0) is 6.61 Å². The summed E-state index contributed by atoms with van der Waals surface area (Å²) in [6.45, 7) is 5.87. The Hall–Kier alpha value is -3.97. The molecule has 0 aliphatic carbocycles. The molecular formula is C27H24N4O2S. The van der Waals surface area contributed by atoms with Crippen molar-refractivity contribution in [3.8, 4) is 17.1 Å². The molecule has 5 aromatic rings. The van der Waals surface area contributed by atoms with E-state index in [0.717, 1.165) is 28.0 Å². The van der Waals surface area contributed by atoms with Crippen molar-refractivity contribution in [2.24, 2.45) is 0 Å². The van der Waals surface area contributed by atoms with Crippen LogP contribution < -0.4 is 4.74 Å². The number of ketones is 1. The second-order valence-electron chi connectivity index (χ2n) is 8.27. The molecule has 0 unspecified atom stereocenters. The number of nitrogens with one attached hydrogen (secondary N) is 1. The van der Waals surface area contributed by atoms with Gasteiger partial charge in [-0.15, -0.1) is 0 Å². The van der Waals surface area contributed by atoms with Gasteiger partial charge in [0.05, 0.1) is 5.52 Å². The van der Waals surface area contributed by atoms with Crippen molar-refractivity contribution in [1.29, 1.82) is 0 Å². The van der Waals surface area contributed by atoms with E-state index in [1.54, 1.807) is 6.92 Å². The number of nitrogens with zero attached hydrogens (tertiary/aromatic N) is 3. The number of carbonyl (C=O) groups excluding carboxylic acids is 1. The van der Waals surface area contributed by atoms with E-state index in [9.17, 15) is 4.79 Å². The van der Waals surface area contributed by atoms with Gasteiger partial charge >= 0.3 is 0 Å². The van der Waals surface area contributed by atoms with Crippen molar-refractivity contribution in [3.63, 3.8) is 0 Å². The second-order valence-corrected chi connectivity index (χ2v) is 8.66. The standard InChI is InChI=1S/C27H24N4O2S/c1-17-9-11-21(12-10-17)30-18(2)26(19(3)32)23-15-22(13-14-24(23)30)33-16-25-28-29-27(34)31(25)20-7-5-4-6-8-20/h4-15H,16H2,1-3H3,(H,29,34). The molecule has 2 aromatic heterocycles. The molecule has 0 saturated carbocycles. The van der Waals surface area contributed by atoms with E-state index < -0.39 is 0 Å². The van der Waals surface area contributed by atoms with Gasteiger partial charge in [0.15, 0.2) is 16.4 Å². The maximum atomic E-state index is 12.6. The van der Waals surface area contributed by atoms with Crippen LogP contribution in [0.25, 0.3) is 22.3 Å². The van der Waals surface area contributed by atoms with Gasteiger partial charge in [-0.3, -0.25) is 14.5 Å². The smallest absolute Gasteiger partial charge is 0.199 e. The van der Waals surface area contributed by atoms with Crippen LogP contribution >= 0.6 is 12.2 Å². The van der Waals surface area contributed by atoms with Gasteiger partial charge in [-0.1, -0.05) is 35.9 Å². The number of aromatic nitrogens is 4. The topological polar surface area (TPSA) is 64.8 Å². The fourth-order valence-corrected chi connectivity index (χ4v) is 4.63. The molecule has 0 fully saturated rings. The van der Waals surface area contributed by atoms with Crippen LogP contribution in [0, 0.1) is 18.6 Å². The summed E-state index contributed by atoms with van der Waals surface area (Å²) in [7, 11) is 0. The minimum absolute atomic E-state index is 0.0236. The summed E-state index contributed by atoms with van der Waals surface area (Å²) in [5.41, 5.74) is 5.70. The summed E-state index contributed by atoms with van der Waals surface area (Å²) < 4.78 is 10.6. The molecule has 34 heavy (non-hydrogen) atoms. The molecule has 0 aliphatic rings. The molecule has 0 saturated heterocycles. The highest BCUT2D eigenvalue weighted by molar-refractivity contribution is 7.71. The highest BCUT2D eigenvalue weighted by Crippen LogP contribution is 2.32. The minimum atomic E-state index is 0.0236. The Morgan fingerprint density at radius 3 is 2.38 bits per heavy atom. The maximum Gasteiger partial charge on any atom is 0.199 e. The molecular weight excluding hydrogens is 444 g/mol. The molecule has 3 aromatic carbocycles. The van der Waals surface area contributed by atoms with E-state index in [4.69, 9.17) is 17.0 Å². The zero-order valence-electron chi connectivity index (χ0n) is 19.2. The summed E-state index contributed by atoms with van der Waals surface area (Å²) >= 11 is 5.42. The van der Waals surface area contributed by atoms with Gasteiger partial charge in [0, 0.05) is 28.0 Å². The van der Waals surface area contributed by atoms with Gasteiger partial charge in [0.2, 0.25) is 0 Å². The van der Waals surface area contributed by atoms with Gasteiger partial charge in [0.1, 0.15) is 12.4 Å². The third-order valence-corrected chi connectivity index (χ3v) is 6.22. The second kappa shape index (κ2) is 8.76. The predicted octanol–water partition coefficient (Wildman–Crippen LogP) is 6.27. The molecule has 0 aliphatic heterocycles. The number of hydrogen-bond donors (Lipinski definition) is 1. The average Bonchev–Trinajstić information content (AvgIpc) is 3.34. The SMILES string of the molecule is CC(=O)c1c(C)n(-c2ccc(C)cc2)c2ccc(OCc3n[nH]c(=S)n3-c3ccccc3)cc12. The minimum Gasteiger partial charge on any atom is -0.486 e. The summed E-state index contributed by atoms with van der Waals surface area (Å²) in [4.78, 5) is 12.6. The zero-order chi connectivity index (χ0) is 23.8. The van der Waals surface area contributed by atoms with E-state index in [1.807, 2.05) is 60.0 Å². The molecule has 2 heterocycles. The van der Waals surface area contributed by atoms with E-state index >= 15 is 0 Å². The number of benzene rings is 3. The molecule has 6 nitrogen and oxygen atoms in total. The normalized spacial score (nSPS) is 11.1. The van der Waals surface area contributed by atoms with Crippen molar-refractivity contribution in [2.45, 2.75) is 27.4 Å². The number of aryl methyl sites for hydroxylation is 1. The van der Waals surface area contributed by atoms with Gasteiger partial charge in [-0.2, -0.15) is 5.10 Å². The molecule has 1 N–H and O–H groups in total. The Kier molecular flexibility index (Phi) is 5.63. The Morgan fingerprint density at radius 2 is 1.68 bits per heavy atom. The van der Waals surface area contributed by atoms with Crippen molar-refractivity contribution >= 4 is 28.9 Å². The lowest BCUT2D eigenvalue weighted by Crippen LogP contribution is -2.05. The number of fused-ring (bicyclic) bond motifs is 1. The maximum absolute atomic E-state index is 12.6. The fourth-order valence-electron chi connectivity index (χ4n) is 4.38. The summed E-state index contributed by atoms with van der Waals surface area (Å²) in [6.07, 6.45) is 0. The lowest BCUT2D eigenvalue weighted by atomic mass is 10.1. The number of para-hydroxylation sites is 1. The molecule has 0 radical (unpaired) electrons. The first kappa shape index (κ1) is 21.9. The van der Waals surface area contributed by atoms with Gasteiger partial charge in [-0.05, 0) is 75.5 Å². The Balaban J connectivity index is 1.52. The molecule has 0 amide bonds. The monoisotopic (exact) mass is 468 g/mol.